The smallest absolute Gasteiger partial charge is 0.0509 e. The van der Waals surface area contributed by atoms with Gasteiger partial charge in [-0.3, -0.25) is 4.90 Å². The van der Waals surface area contributed by atoms with Crippen molar-refractivity contribution in [3.8, 4) is 0 Å². The lowest BCUT2D eigenvalue weighted by atomic mass is 9.79. The van der Waals surface area contributed by atoms with Gasteiger partial charge in [-0.25, -0.2) is 0 Å². The van der Waals surface area contributed by atoms with Crippen LogP contribution in [0, 0.1) is 5.92 Å². The highest BCUT2D eigenvalue weighted by molar-refractivity contribution is 4.97. The summed E-state index contributed by atoms with van der Waals surface area (Å²) in [4.78, 5) is 5.07. The molecule has 0 saturated carbocycles. The fourth-order valence-electron chi connectivity index (χ4n) is 3.46. The second kappa shape index (κ2) is 6.33. The van der Waals surface area contributed by atoms with E-state index in [9.17, 15) is 0 Å². The van der Waals surface area contributed by atoms with E-state index in [-0.39, 0.29) is 5.54 Å². The molecule has 0 spiro atoms. The van der Waals surface area contributed by atoms with Gasteiger partial charge >= 0.3 is 0 Å². The number of likely N-dealkylation sites (tertiary alicyclic amines) is 1. The predicted molar refractivity (Wildman–Crippen MR) is 74.7 cm³/mol. The summed E-state index contributed by atoms with van der Waals surface area (Å²) in [6.07, 6.45) is 3.81. The molecule has 2 heterocycles. The first-order valence-corrected chi connectivity index (χ1v) is 7.40. The molecule has 2 fully saturated rings. The van der Waals surface area contributed by atoms with Crippen molar-refractivity contribution in [2.75, 3.05) is 53.0 Å². The van der Waals surface area contributed by atoms with Crippen LogP contribution in [0.2, 0.25) is 0 Å². The fraction of sp³-hybridized carbons (Fsp3) is 1.00. The lowest BCUT2D eigenvalue weighted by Gasteiger charge is -2.48. The molecule has 0 aromatic carbocycles. The van der Waals surface area contributed by atoms with Crippen molar-refractivity contribution in [1.82, 2.24) is 9.80 Å². The highest BCUT2D eigenvalue weighted by atomic mass is 16.5. The van der Waals surface area contributed by atoms with E-state index >= 15 is 0 Å². The van der Waals surface area contributed by atoms with Crippen molar-refractivity contribution in [2.45, 2.75) is 31.7 Å². The minimum atomic E-state index is 0.151. The SMILES string of the molecule is CC1COCCC1(CN)N(C)CCN1CCCC1. The van der Waals surface area contributed by atoms with Crippen molar-refractivity contribution in [2.24, 2.45) is 11.7 Å². The molecule has 4 heteroatoms. The molecule has 0 aliphatic carbocycles. The molecule has 0 bridgehead atoms. The molecule has 0 amide bonds. The van der Waals surface area contributed by atoms with Crippen molar-refractivity contribution in [1.29, 1.82) is 0 Å². The molecule has 2 saturated heterocycles. The van der Waals surface area contributed by atoms with Crippen molar-refractivity contribution in [3.63, 3.8) is 0 Å². The van der Waals surface area contributed by atoms with Gasteiger partial charge in [-0.1, -0.05) is 6.92 Å². The van der Waals surface area contributed by atoms with Crippen LogP contribution < -0.4 is 5.73 Å². The monoisotopic (exact) mass is 255 g/mol. The molecule has 2 N–H and O–H groups in total. The zero-order chi connectivity index (χ0) is 13.0. The Labute approximate surface area is 111 Å². The number of ether oxygens (including phenoxy) is 1. The first-order valence-electron chi connectivity index (χ1n) is 7.40. The Bertz CT molecular complexity index is 255. The maximum atomic E-state index is 6.10. The van der Waals surface area contributed by atoms with Gasteiger partial charge in [0, 0.05) is 31.8 Å². The topological polar surface area (TPSA) is 41.7 Å². The number of likely N-dealkylation sites (N-methyl/N-ethyl adjacent to an activating group) is 1. The van der Waals surface area contributed by atoms with Crippen LogP contribution in [-0.4, -0.2) is 68.3 Å². The van der Waals surface area contributed by atoms with Gasteiger partial charge in [0.05, 0.1) is 6.61 Å². The number of nitrogens with two attached hydrogens (primary N) is 1. The maximum Gasteiger partial charge on any atom is 0.0509 e. The third-order valence-corrected chi connectivity index (χ3v) is 5.03. The molecular formula is C14H29N3O. The third-order valence-electron chi connectivity index (χ3n) is 5.03. The van der Waals surface area contributed by atoms with Crippen molar-refractivity contribution < 1.29 is 4.74 Å². The standard InChI is InChI=1S/C14H29N3O/c1-13-11-18-10-5-14(13,12-15)16(2)8-9-17-6-3-4-7-17/h13H,3-12,15H2,1-2H3. The van der Waals surface area contributed by atoms with Gasteiger partial charge in [0.25, 0.3) is 0 Å². The van der Waals surface area contributed by atoms with Gasteiger partial charge < -0.3 is 15.4 Å². The summed E-state index contributed by atoms with van der Waals surface area (Å²) in [7, 11) is 2.24. The van der Waals surface area contributed by atoms with E-state index in [1.807, 2.05) is 0 Å². The maximum absolute atomic E-state index is 6.10. The van der Waals surface area contributed by atoms with Crippen molar-refractivity contribution >= 4 is 0 Å². The van der Waals surface area contributed by atoms with E-state index < -0.39 is 0 Å². The zero-order valence-corrected chi connectivity index (χ0v) is 12.0. The van der Waals surface area contributed by atoms with E-state index in [0.717, 1.165) is 32.7 Å². The van der Waals surface area contributed by atoms with E-state index in [1.54, 1.807) is 0 Å². The summed E-state index contributed by atoms with van der Waals surface area (Å²) in [5.41, 5.74) is 6.25. The molecule has 0 aromatic heterocycles. The second-order valence-corrected chi connectivity index (χ2v) is 6.00. The fourth-order valence-corrected chi connectivity index (χ4v) is 3.46. The molecule has 2 atom stereocenters. The Hall–Kier alpha value is -0.160. The van der Waals surface area contributed by atoms with Gasteiger partial charge in [0.1, 0.15) is 0 Å². The third kappa shape index (κ3) is 2.87. The normalized spacial score (nSPS) is 34.3. The van der Waals surface area contributed by atoms with E-state index in [4.69, 9.17) is 10.5 Å². The van der Waals surface area contributed by atoms with Gasteiger partial charge in [-0.05, 0) is 45.3 Å². The number of nitrogens with zero attached hydrogens (tertiary/aromatic N) is 2. The largest absolute Gasteiger partial charge is 0.381 e. The first-order chi connectivity index (χ1) is 8.69. The lowest BCUT2D eigenvalue weighted by Crippen LogP contribution is -2.61. The highest BCUT2D eigenvalue weighted by Gasteiger charge is 2.41. The van der Waals surface area contributed by atoms with Crippen LogP contribution in [0.3, 0.4) is 0 Å². The zero-order valence-electron chi connectivity index (χ0n) is 12.0. The molecule has 2 unspecified atom stereocenters. The highest BCUT2D eigenvalue weighted by Crippen LogP contribution is 2.30. The van der Waals surface area contributed by atoms with Crippen LogP contribution >= 0.6 is 0 Å². The summed E-state index contributed by atoms with van der Waals surface area (Å²) in [6, 6.07) is 0. The summed E-state index contributed by atoms with van der Waals surface area (Å²) in [6.45, 7) is 9.60. The summed E-state index contributed by atoms with van der Waals surface area (Å²) in [5, 5.41) is 0. The number of hydrogen-bond donors (Lipinski definition) is 1. The Balaban J connectivity index is 1.89. The molecule has 18 heavy (non-hydrogen) atoms. The average molecular weight is 255 g/mol. The lowest BCUT2D eigenvalue weighted by molar-refractivity contribution is -0.0577. The van der Waals surface area contributed by atoms with E-state index in [0.29, 0.717) is 5.92 Å². The predicted octanol–water partition coefficient (Wildman–Crippen LogP) is 0.768. The van der Waals surface area contributed by atoms with E-state index in [2.05, 4.69) is 23.8 Å². The van der Waals surface area contributed by atoms with Gasteiger partial charge in [-0.15, -0.1) is 0 Å². The van der Waals surface area contributed by atoms with E-state index in [1.165, 1.54) is 32.5 Å². The molecule has 2 rings (SSSR count). The average Bonchev–Trinajstić information content (AvgIpc) is 2.90. The molecule has 106 valence electrons. The second-order valence-electron chi connectivity index (χ2n) is 6.00. The van der Waals surface area contributed by atoms with Crippen LogP contribution in [0.4, 0.5) is 0 Å². The van der Waals surface area contributed by atoms with Crippen LogP contribution in [-0.2, 0) is 4.74 Å². The van der Waals surface area contributed by atoms with Gasteiger partial charge in [0.15, 0.2) is 0 Å². The van der Waals surface area contributed by atoms with Crippen LogP contribution in [0.15, 0.2) is 0 Å². The molecule has 2 aliphatic rings. The molecular weight excluding hydrogens is 226 g/mol. The minimum absolute atomic E-state index is 0.151. The molecule has 0 radical (unpaired) electrons. The first kappa shape index (κ1) is 14.3. The number of rotatable bonds is 5. The number of hydrogen-bond acceptors (Lipinski definition) is 4. The van der Waals surface area contributed by atoms with Gasteiger partial charge in [-0.2, -0.15) is 0 Å². The quantitative estimate of drug-likeness (QED) is 0.788. The molecule has 0 aromatic rings. The summed E-state index contributed by atoms with van der Waals surface area (Å²) < 4.78 is 5.57. The summed E-state index contributed by atoms with van der Waals surface area (Å²) in [5.74, 6) is 0.528. The van der Waals surface area contributed by atoms with Crippen LogP contribution in [0.25, 0.3) is 0 Å². The molecule has 2 aliphatic heterocycles. The minimum Gasteiger partial charge on any atom is -0.381 e. The molecule has 4 nitrogen and oxygen atoms in total. The van der Waals surface area contributed by atoms with Gasteiger partial charge in [0.2, 0.25) is 0 Å². The Morgan fingerprint density at radius 3 is 2.72 bits per heavy atom. The van der Waals surface area contributed by atoms with Crippen molar-refractivity contribution in [3.05, 3.63) is 0 Å². The summed E-state index contributed by atoms with van der Waals surface area (Å²) >= 11 is 0. The Morgan fingerprint density at radius 1 is 1.39 bits per heavy atom. The Kier molecular flexibility index (Phi) is 5.01. The van der Waals surface area contributed by atoms with Crippen LogP contribution in [0.5, 0.6) is 0 Å². The Morgan fingerprint density at radius 2 is 2.11 bits per heavy atom. The van der Waals surface area contributed by atoms with Crippen LogP contribution in [0.1, 0.15) is 26.2 Å².